The van der Waals surface area contributed by atoms with Crippen LogP contribution in [0.3, 0.4) is 0 Å². The minimum atomic E-state index is -1.68. The number of carbonyl (C=O) groups is 1. The fraction of sp³-hybridized carbons (Fsp3) is 0.222. The van der Waals surface area contributed by atoms with Crippen LogP contribution in [0, 0.1) is 10.1 Å². The van der Waals surface area contributed by atoms with Gasteiger partial charge in [-0.25, -0.2) is 0 Å². The fourth-order valence-corrected chi connectivity index (χ4v) is 2.33. The van der Waals surface area contributed by atoms with E-state index in [1.807, 2.05) is 0 Å². The van der Waals surface area contributed by atoms with Gasteiger partial charge in [-0.3, -0.25) is 19.1 Å². The molecule has 0 amide bonds. The number of carboxylic acids is 1. The van der Waals surface area contributed by atoms with E-state index in [1.54, 1.807) is 0 Å². The Morgan fingerprint density at radius 1 is 1.53 bits per heavy atom. The maximum Gasteiger partial charge on any atom is 0.316 e. The van der Waals surface area contributed by atoms with E-state index in [0.717, 1.165) is 6.07 Å². The van der Waals surface area contributed by atoms with Gasteiger partial charge in [0.15, 0.2) is 0 Å². The molecule has 1 unspecified atom stereocenters. The Labute approximate surface area is 104 Å². The second-order valence-electron chi connectivity index (χ2n) is 3.15. The van der Waals surface area contributed by atoms with Gasteiger partial charge < -0.3 is 5.11 Å². The highest BCUT2D eigenvalue weighted by molar-refractivity contribution is 7.84. The van der Waals surface area contributed by atoms with Crippen molar-refractivity contribution < 1.29 is 19.0 Å². The molecule has 0 saturated heterocycles. The Bertz CT molecular complexity index is 490. The molecule has 1 atom stereocenters. The Balaban J connectivity index is 2.94. The van der Waals surface area contributed by atoms with Crippen molar-refractivity contribution in [2.75, 3.05) is 5.75 Å². The first-order valence-electron chi connectivity index (χ1n) is 4.39. The Kier molecular flexibility index (Phi) is 4.59. The minimum absolute atomic E-state index is 0.181. The van der Waals surface area contributed by atoms with E-state index in [1.165, 1.54) is 12.1 Å². The lowest BCUT2D eigenvalue weighted by Gasteiger charge is -2.02. The van der Waals surface area contributed by atoms with Gasteiger partial charge in [0.05, 0.1) is 10.7 Å². The van der Waals surface area contributed by atoms with Crippen LogP contribution in [0.25, 0.3) is 0 Å². The predicted molar refractivity (Wildman–Crippen MR) is 62.5 cm³/mol. The monoisotopic (exact) mass is 277 g/mol. The summed E-state index contributed by atoms with van der Waals surface area (Å²) in [6, 6.07) is 3.96. The van der Waals surface area contributed by atoms with Crippen LogP contribution in [0.15, 0.2) is 18.2 Å². The standard InChI is InChI=1S/C9H8ClNO5S/c10-7-2-1-6(8(3-7)11(14)15)4-17(16)5-9(12)13/h1-3H,4-5H2,(H,12,13). The van der Waals surface area contributed by atoms with E-state index < -0.39 is 27.4 Å². The van der Waals surface area contributed by atoms with Crippen molar-refractivity contribution >= 4 is 34.1 Å². The van der Waals surface area contributed by atoms with Crippen LogP contribution in [-0.4, -0.2) is 26.0 Å². The number of hydrogen-bond acceptors (Lipinski definition) is 4. The number of aliphatic carboxylic acids is 1. The summed E-state index contributed by atoms with van der Waals surface area (Å²) in [4.78, 5) is 20.4. The highest BCUT2D eigenvalue weighted by Crippen LogP contribution is 2.24. The van der Waals surface area contributed by atoms with Gasteiger partial charge in [-0.05, 0) is 12.1 Å². The number of nitrogens with zero attached hydrogens (tertiary/aromatic N) is 1. The molecule has 8 heteroatoms. The molecule has 92 valence electrons. The van der Waals surface area contributed by atoms with Gasteiger partial charge in [-0.2, -0.15) is 0 Å². The number of nitro groups is 1. The summed E-state index contributed by atoms with van der Waals surface area (Å²) in [5.41, 5.74) is -0.0461. The molecule has 1 aromatic carbocycles. The van der Waals surface area contributed by atoms with Crippen LogP contribution in [0.5, 0.6) is 0 Å². The number of halogens is 1. The van der Waals surface area contributed by atoms with E-state index in [9.17, 15) is 19.1 Å². The van der Waals surface area contributed by atoms with Crippen molar-refractivity contribution in [1.82, 2.24) is 0 Å². The van der Waals surface area contributed by atoms with Crippen LogP contribution < -0.4 is 0 Å². The molecule has 1 N–H and O–H groups in total. The molecular weight excluding hydrogens is 270 g/mol. The highest BCUT2D eigenvalue weighted by atomic mass is 35.5. The molecule has 0 bridgehead atoms. The molecule has 0 aliphatic rings. The van der Waals surface area contributed by atoms with Gasteiger partial charge in [0.1, 0.15) is 5.75 Å². The topological polar surface area (TPSA) is 97.5 Å². The number of hydrogen-bond donors (Lipinski definition) is 1. The fourth-order valence-electron chi connectivity index (χ4n) is 1.19. The molecule has 0 spiro atoms. The van der Waals surface area contributed by atoms with Gasteiger partial charge in [0, 0.05) is 27.5 Å². The molecule has 0 aliphatic carbocycles. The van der Waals surface area contributed by atoms with Crippen molar-refractivity contribution in [2.24, 2.45) is 0 Å². The highest BCUT2D eigenvalue weighted by Gasteiger charge is 2.17. The largest absolute Gasteiger partial charge is 0.481 e. The number of benzene rings is 1. The van der Waals surface area contributed by atoms with Crippen LogP contribution in [0.2, 0.25) is 5.02 Å². The van der Waals surface area contributed by atoms with Crippen LogP contribution in [0.1, 0.15) is 5.56 Å². The third-order valence-corrected chi connectivity index (χ3v) is 3.28. The lowest BCUT2D eigenvalue weighted by atomic mass is 10.2. The smallest absolute Gasteiger partial charge is 0.316 e. The van der Waals surface area contributed by atoms with Crippen molar-refractivity contribution in [1.29, 1.82) is 0 Å². The molecule has 0 aliphatic heterocycles. The normalized spacial score (nSPS) is 12.1. The molecular formula is C9H8ClNO5S. The van der Waals surface area contributed by atoms with E-state index in [-0.39, 0.29) is 22.0 Å². The van der Waals surface area contributed by atoms with Crippen molar-refractivity contribution in [3.05, 3.63) is 38.9 Å². The van der Waals surface area contributed by atoms with E-state index in [4.69, 9.17) is 16.7 Å². The summed E-state index contributed by atoms with van der Waals surface area (Å²) in [5.74, 6) is -1.93. The molecule has 0 fully saturated rings. The quantitative estimate of drug-likeness (QED) is 0.651. The second-order valence-corrected chi connectivity index (χ2v) is 5.05. The van der Waals surface area contributed by atoms with Gasteiger partial charge in [-0.15, -0.1) is 0 Å². The number of rotatable bonds is 5. The average Bonchev–Trinajstić information content (AvgIpc) is 2.19. The van der Waals surface area contributed by atoms with Gasteiger partial charge in [0.25, 0.3) is 5.69 Å². The summed E-state index contributed by atoms with van der Waals surface area (Å²) in [5, 5.41) is 19.3. The zero-order valence-electron chi connectivity index (χ0n) is 8.46. The minimum Gasteiger partial charge on any atom is -0.481 e. The first kappa shape index (κ1) is 13.6. The van der Waals surface area contributed by atoms with Crippen LogP contribution >= 0.6 is 11.6 Å². The lowest BCUT2D eigenvalue weighted by Crippen LogP contribution is -2.11. The molecule has 1 rings (SSSR count). The molecule has 17 heavy (non-hydrogen) atoms. The molecule has 6 nitrogen and oxygen atoms in total. The summed E-state index contributed by atoms with van der Waals surface area (Å²) < 4.78 is 11.4. The van der Waals surface area contributed by atoms with Crippen molar-refractivity contribution in [3.63, 3.8) is 0 Å². The molecule has 1 aromatic rings. The summed E-state index contributed by atoms with van der Waals surface area (Å²) >= 11 is 5.61. The Hall–Kier alpha value is -1.47. The SMILES string of the molecule is O=C(O)CS(=O)Cc1ccc(Cl)cc1[N+](=O)[O-]. The van der Waals surface area contributed by atoms with Crippen LogP contribution in [-0.2, 0) is 21.3 Å². The molecule has 0 saturated carbocycles. The zero-order chi connectivity index (χ0) is 13.0. The average molecular weight is 278 g/mol. The van der Waals surface area contributed by atoms with E-state index in [0.29, 0.717) is 0 Å². The van der Waals surface area contributed by atoms with Gasteiger partial charge in [0.2, 0.25) is 0 Å². The third kappa shape index (κ3) is 4.12. The number of carboxylic acid groups (broad SMARTS) is 1. The lowest BCUT2D eigenvalue weighted by molar-refractivity contribution is -0.385. The van der Waals surface area contributed by atoms with Gasteiger partial charge >= 0.3 is 5.97 Å². The predicted octanol–water partition coefficient (Wildman–Crippen LogP) is 1.58. The van der Waals surface area contributed by atoms with Crippen molar-refractivity contribution in [2.45, 2.75) is 5.75 Å². The summed E-state index contributed by atoms with van der Waals surface area (Å²) in [6.45, 7) is 0. The number of nitro benzene ring substituents is 1. The molecule has 0 aromatic heterocycles. The molecule has 0 radical (unpaired) electrons. The Morgan fingerprint density at radius 2 is 2.18 bits per heavy atom. The maximum absolute atomic E-state index is 11.4. The first-order chi connectivity index (χ1) is 7.90. The zero-order valence-corrected chi connectivity index (χ0v) is 10.0. The summed E-state index contributed by atoms with van der Waals surface area (Å²) in [7, 11) is -1.68. The Morgan fingerprint density at radius 3 is 2.71 bits per heavy atom. The first-order valence-corrected chi connectivity index (χ1v) is 6.26. The van der Waals surface area contributed by atoms with E-state index >= 15 is 0 Å². The van der Waals surface area contributed by atoms with Crippen molar-refractivity contribution in [3.8, 4) is 0 Å². The van der Waals surface area contributed by atoms with E-state index in [2.05, 4.69) is 0 Å². The van der Waals surface area contributed by atoms with Crippen LogP contribution in [0.4, 0.5) is 5.69 Å². The second kappa shape index (κ2) is 5.74. The summed E-state index contributed by atoms with van der Waals surface area (Å²) in [6.07, 6.45) is 0. The van der Waals surface area contributed by atoms with Gasteiger partial charge in [-0.1, -0.05) is 11.6 Å². The third-order valence-electron chi connectivity index (χ3n) is 1.84. The molecule has 0 heterocycles. The maximum atomic E-state index is 11.4.